The first-order chi connectivity index (χ1) is 5.25. The van der Waals surface area contributed by atoms with E-state index in [9.17, 15) is 4.79 Å². The molecule has 1 rings (SSSR count). The van der Waals surface area contributed by atoms with Crippen LogP contribution in [0.1, 0.15) is 0 Å². The molecular weight excluding hydrogens is 160 g/mol. The van der Waals surface area contributed by atoms with Gasteiger partial charge in [0.25, 0.3) is 0 Å². The van der Waals surface area contributed by atoms with Crippen molar-refractivity contribution in [2.45, 2.75) is 6.54 Å². The van der Waals surface area contributed by atoms with Gasteiger partial charge in [-0.2, -0.15) is 11.8 Å². The van der Waals surface area contributed by atoms with E-state index < -0.39 is 0 Å². The van der Waals surface area contributed by atoms with E-state index >= 15 is 0 Å². The SMILES string of the molecule is CSCCn1ccn(C)c1=O. The molecule has 1 heterocycles. The van der Waals surface area contributed by atoms with Crippen LogP contribution in [0.4, 0.5) is 0 Å². The Hall–Kier alpha value is -0.640. The fraction of sp³-hybridized carbons (Fsp3) is 0.571. The van der Waals surface area contributed by atoms with E-state index in [1.807, 2.05) is 12.5 Å². The topological polar surface area (TPSA) is 26.9 Å². The van der Waals surface area contributed by atoms with E-state index in [1.165, 1.54) is 0 Å². The molecule has 0 unspecified atom stereocenters. The molecule has 0 aliphatic carbocycles. The van der Waals surface area contributed by atoms with Gasteiger partial charge in [0.15, 0.2) is 0 Å². The molecule has 1 aromatic rings. The molecule has 1 aromatic heterocycles. The number of aryl methyl sites for hydroxylation is 2. The second-order valence-electron chi connectivity index (χ2n) is 2.38. The van der Waals surface area contributed by atoms with Crippen LogP contribution in [0.25, 0.3) is 0 Å². The summed E-state index contributed by atoms with van der Waals surface area (Å²) in [5.74, 6) is 0.990. The first-order valence-corrected chi connectivity index (χ1v) is 4.86. The summed E-state index contributed by atoms with van der Waals surface area (Å²) < 4.78 is 3.30. The highest BCUT2D eigenvalue weighted by Gasteiger charge is 1.96. The lowest BCUT2D eigenvalue weighted by atomic mass is 10.7. The summed E-state index contributed by atoms with van der Waals surface area (Å²) in [4.78, 5) is 11.2. The number of thioether (sulfide) groups is 1. The minimum absolute atomic E-state index is 0.0686. The molecule has 0 atom stereocenters. The van der Waals surface area contributed by atoms with Crippen LogP contribution in [0.2, 0.25) is 0 Å². The summed E-state index contributed by atoms with van der Waals surface area (Å²) in [5.41, 5.74) is 0.0686. The Morgan fingerprint density at radius 1 is 1.55 bits per heavy atom. The molecule has 11 heavy (non-hydrogen) atoms. The van der Waals surface area contributed by atoms with Gasteiger partial charge in [0.1, 0.15) is 0 Å². The number of rotatable bonds is 3. The Morgan fingerprint density at radius 3 is 2.73 bits per heavy atom. The van der Waals surface area contributed by atoms with Crippen LogP contribution < -0.4 is 5.69 Å². The van der Waals surface area contributed by atoms with E-state index in [-0.39, 0.29) is 5.69 Å². The first kappa shape index (κ1) is 8.46. The Morgan fingerprint density at radius 2 is 2.27 bits per heavy atom. The number of hydrogen-bond acceptors (Lipinski definition) is 2. The van der Waals surface area contributed by atoms with Crippen LogP contribution in [-0.2, 0) is 13.6 Å². The molecule has 62 valence electrons. The van der Waals surface area contributed by atoms with Gasteiger partial charge in [-0.3, -0.25) is 4.57 Å². The Labute approximate surface area is 70.0 Å². The smallest absolute Gasteiger partial charge is 0.302 e. The Bertz CT molecular complexity index is 276. The minimum atomic E-state index is 0.0686. The van der Waals surface area contributed by atoms with E-state index in [2.05, 4.69) is 0 Å². The van der Waals surface area contributed by atoms with E-state index in [0.29, 0.717) is 0 Å². The van der Waals surface area contributed by atoms with Crippen molar-refractivity contribution >= 4 is 11.8 Å². The molecule has 0 aliphatic rings. The highest BCUT2D eigenvalue weighted by Crippen LogP contribution is 1.92. The number of aromatic nitrogens is 2. The monoisotopic (exact) mass is 172 g/mol. The quantitative estimate of drug-likeness (QED) is 0.665. The lowest BCUT2D eigenvalue weighted by molar-refractivity contribution is 0.700. The van der Waals surface area contributed by atoms with Gasteiger partial charge < -0.3 is 4.57 Å². The predicted octanol–water partition coefficient (Wildman–Crippen LogP) is 0.550. The molecule has 0 bridgehead atoms. The molecule has 0 saturated heterocycles. The van der Waals surface area contributed by atoms with Gasteiger partial charge in [-0.15, -0.1) is 0 Å². The van der Waals surface area contributed by atoms with Crippen molar-refractivity contribution < 1.29 is 0 Å². The third kappa shape index (κ3) is 1.89. The first-order valence-electron chi connectivity index (χ1n) is 3.46. The summed E-state index contributed by atoms with van der Waals surface area (Å²) in [7, 11) is 1.76. The Kier molecular flexibility index (Phi) is 2.82. The van der Waals surface area contributed by atoms with Crippen molar-refractivity contribution in [3.8, 4) is 0 Å². The van der Waals surface area contributed by atoms with Crippen LogP contribution in [0, 0.1) is 0 Å². The van der Waals surface area contributed by atoms with Gasteiger partial charge >= 0.3 is 5.69 Å². The van der Waals surface area contributed by atoms with Crippen molar-refractivity contribution in [3.63, 3.8) is 0 Å². The molecule has 3 nitrogen and oxygen atoms in total. The second kappa shape index (κ2) is 3.67. The highest BCUT2D eigenvalue weighted by molar-refractivity contribution is 7.98. The standard InChI is InChI=1S/C7H12N2OS/c1-8-3-4-9(7(8)10)5-6-11-2/h3-4H,5-6H2,1-2H3. The van der Waals surface area contributed by atoms with Gasteiger partial charge in [-0.1, -0.05) is 0 Å². The van der Waals surface area contributed by atoms with E-state index in [0.717, 1.165) is 12.3 Å². The fourth-order valence-electron chi connectivity index (χ4n) is 0.870. The van der Waals surface area contributed by atoms with Crippen LogP contribution in [-0.4, -0.2) is 21.1 Å². The van der Waals surface area contributed by atoms with Crippen molar-refractivity contribution in [3.05, 3.63) is 22.9 Å². The zero-order chi connectivity index (χ0) is 8.27. The minimum Gasteiger partial charge on any atom is -0.302 e. The maximum atomic E-state index is 11.2. The highest BCUT2D eigenvalue weighted by atomic mass is 32.2. The van der Waals surface area contributed by atoms with Crippen molar-refractivity contribution in [2.75, 3.05) is 12.0 Å². The van der Waals surface area contributed by atoms with Crippen LogP contribution >= 0.6 is 11.8 Å². The summed E-state index contributed by atoms with van der Waals surface area (Å²) in [6, 6.07) is 0. The third-order valence-electron chi connectivity index (χ3n) is 1.55. The molecule has 0 N–H and O–H groups in total. The third-order valence-corrected chi connectivity index (χ3v) is 2.14. The molecular formula is C7H12N2OS. The zero-order valence-electron chi connectivity index (χ0n) is 6.78. The average molecular weight is 172 g/mol. The molecule has 0 aromatic carbocycles. The van der Waals surface area contributed by atoms with E-state index in [1.54, 1.807) is 34.1 Å². The number of imidazole rings is 1. The normalized spacial score (nSPS) is 10.4. The molecule has 4 heteroatoms. The van der Waals surface area contributed by atoms with Gasteiger partial charge in [0.2, 0.25) is 0 Å². The maximum Gasteiger partial charge on any atom is 0.327 e. The Balaban J connectivity index is 2.71. The fourth-order valence-corrected chi connectivity index (χ4v) is 1.25. The van der Waals surface area contributed by atoms with Crippen molar-refractivity contribution in [2.24, 2.45) is 7.05 Å². The molecule has 0 aliphatic heterocycles. The van der Waals surface area contributed by atoms with Crippen molar-refractivity contribution in [1.82, 2.24) is 9.13 Å². The average Bonchev–Trinajstić information content (AvgIpc) is 2.31. The molecule has 0 radical (unpaired) electrons. The summed E-state index contributed by atoms with van der Waals surface area (Å²) in [5, 5.41) is 0. The molecule has 0 saturated carbocycles. The zero-order valence-corrected chi connectivity index (χ0v) is 7.60. The number of hydrogen-bond donors (Lipinski definition) is 0. The predicted molar refractivity (Wildman–Crippen MR) is 48.1 cm³/mol. The summed E-state index contributed by atoms with van der Waals surface area (Å²) >= 11 is 1.75. The number of nitrogens with zero attached hydrogens (tertiary/aromatic N) is 2. The van der Waals surface area contributed by atoms with Crippen LogP contribution in [0.5, 0.6) is 0 Å². The molecule has 0 amide bonds. The summed E-state index contributed by atoms with van der Waals surface area (Å²) in [6.07, 6.45) is 5.63. The lowest BCUT2D eigenvalue weighted by Crippen LogP contribution is -2.22. The second-order valence-corrected chi connectivity index (χ2v) is 3.36. The van der Waals surface area contributed by atoms with Gasteiger partial charge in [0, 0.05) is 31.7 Å². The molecule has 0 fully saturated rings. The summed E-state index contributed by atoms with van der Waals surface area (Å²) in [6.45, 7) is 0.806. The van der Waals surface area contributed by atoms with Crippen LogP contribution in [0.15, 0.2) is 17.2 Å². The maximum absolute atomic E-state index is 11.2. The van der Waals surface area contributed by atoms with Crippen LogP contribution in [0.3, 0.4) is 0 Å². The van der Waals surface area contributed by atoms with Gasteiger partial charge in [0.05, 0.1) is 0 Å². The molecule has 0 spiro atoms. The van der Waals surface area contributed by atoms with Gasteiger partial charge in [-0.25, -0.2) is 4.79 Å². The van der Waals surface area contributed by atoms with E-state index in [4.69, 9.17) is 0 Å². The largest absolute Gasteiger partial charge is 0.327 e. The lowest BCUT2D eigenvalue weighted by Gasteiger charge is -1.96. The van der Waals surface area contributed by atoms with Crippen molar-refractivity contribution in [1.29, 1.82) is 0 Å². The van der Waals surface area contributed by atoms with Gasteiger partial charge in [-0.05, 0) is 6.26 Å².